The minimum absolute atomic E-state index is 0.0519. The molecule has 1 aliphatic rings. The summed E-state index contributed by atoms with van der Waals surface area (Å²) < 4.78 is 18.2. The highest BCUT2D eigenvalue weighted by Gasteiger charge is 2.35. The number of imidazole rings is 1. The Morgan fingerprint density at radius 1 is 1.02 bits per heavy atom. The number of nitrogens with zero attached hydrogens (tertiary/aromatic N) is 7. The highest BCUT2D eigenvalue weighted by Crippen LogP contribution is 2.26. The van der Waals surface area contributed by atoms with Crippen molar-refractivity contribution in [2.75, 3.05) is 13.1 Å². The summed E-state index contributed by atoms with van der Waals surface area (Å²) in [5, 5.41) is 16.0. The van der Waals surface area contributed by atoms with Crippen molar-refractivity contribution in [3.63, 3.8) is 0 Å². The zero-order valence-corrected chi connectivity index (χ0v) is 22.2. The van der Waals surface area contributed by atoms with Gasteiger partial charge >= 0.3 is 0 Å². The van der Waals surface area contributed by atoms with E-state index in [1.54, 1.807) is 9.58 Å². The second kappa shape index (κ2) is 9.83. The SMILES string of the molecule is Cc1cnc(-c2ccc(-n3ncc4c(=O)n(CC5(O)CCN(C(=O)c6ccc(F)cc6)CC5)cnc43)cc2)n1C. The predicted octanol–water partition coefficient (Wildman–Crippen LogP) is 3.10. The van der Waals surface area contributed by atoms with Gasteiger partial charge in [-0.15, -0.1) is 0 Å². The first-order chi connectivity index (χ1) is 19.2. The lowest BCUT2D eigenvalue weighted by atomic mass is 9.91. The number of rotatable bonds is 5. The molecule has 2 aromatic carbocycles. The summed E-state index contributed by atoms with van der Waals surface area (Å²) in [6.45, 7) is 2.69. The molecule has 0 bridgehead atoms. The molecule has 204 valence electrons. The number of carbonyl (C=O) groups is 1. The molecule has 0 saturated carbocycles. The van der Waals surface area contributed by atoms with Crippen LogP contribution < -0.4 is 5.56 Å². The lowest BCUT2D eigenvalue weighted by molar-refractivity contribution is -0.0299. The van der Waals surface area contributed by atoms with Crippen LogP contribution in [0.15, 0.2) is 72.0 Å². The Morgan fingerprint density at radius 2 is 1.73 bits per heavy atom. The van der Waals surface area contributed by atoms with Gasteiger partial charge < -0.3 is 14.6 Å². The maximum Gasteiger partial charge on any atom is 0.264 e. The van der Waals surface area contributed by atoms with E-state index in [2.05, 4.69) is 15.1 Å². The van der Waals surface area contributed by atoms with Gasteiger partial charge in [0.05, 0.1) is 24.0 Å². The third kappa shape index (κ3) is 4.58. The van der Waals surface area contributed by atoms with Crippen LogP contribution in [0.5, 0.6) is 0 Å². The molecule has 11 heteroatoms. The Morgan fingerprint density at radius 3 is 2.38 bits per heavy atom. The maximum atomic E-state index is 13.3. The van der Waals surface area contributed by atoms with Crippen LogP contribution >= 0.6 is 0 Å². The standard InChI is InChI=1S/C29H28FN7O3/c1-19-15-31-25(34(19)2)20-5-9-23(10-6-20)37-26-24(16-33-37)28(39)36(18-32-26)17-29(40)11-13-35(14-12-29)27(38)21-3-7-22(30)8-4-21/h3-10,15-16,18,40H,11-14,17H2,1-2H3. The van der Waals surface area contributed by atoms with Gasteiger partial charge in [0.15, 0.2) is 5.65 Å². The van der Waals surface area contributed by atoms with Crippen LogP contribution in [-0.4, -0.2) is 63.5 Å². The molecule has 5 aromatic rings. The van der Waals surface area contributed by atoms with Crippen LogP contribution in [-0.2, 0) is 13.6 Å². The molecule has 1 fully saturated rings. The largest absolute Gasteiger partial charge is 0.388 e. The molecular weight excluding hydrogens is 513 g/mol. The number of amides is 1. The zero-order chi connectivity index (χ0) is 28.0. The van der Waals surface area contributed by atoms with E-state index in [-0.39, 0.29) is 18.0 Å². The third-order valence-electron chi connectivity index (χ3n) is 7.68. The summed E-state index contributed by atoms with van der Waals surface area (Å²) in [5.41, 5.74) is 2.13. The molecule has 1 saturated heterocycles. The van der Waals surface area contributed by atoms with Crippen LogP contribution in [0.2, 0.25) is 0 Å². The van der Waals surface area contributed by atoms with Gasteiger partial charge in [-0.25, -0.2) is 19.0 Å². The van der Waals surface area contributed by atoms with Gasteiger partial charge in [0, 0.05) is 43.2 Å². The number of aromatic nitrogens is 6. The number of piperidine rings is 1. The average molecular weight is 542 g/mol. The molecule has 0 spiro atoms. The van der Waals surface area contributed by atoms with Crippen molar-refractivity contribution in [1.82, 2.24) is 33.8 Å². The molecule has 0 atom stereocenters. The topological polar surface area (TPSA) is 111 Å². The Hall–Kier alpha value is -4.64. The number of fused-ring (bicyclic) bond motifs is 1. The molecule has 10 nitrogen and oxygen atoms in total. The molecule has 40 heavy (non-hydrogen) atoms. The lowest BCUT2D eigenvalue weighted by Gasteiger charge is -2.38. The number of carbonyl (C=O) groups excluding carboxylic acids is 1. The van der Waals surface area contributed by atoms with Crippen LogP contribution in [0.25, 0.3) is 28.1 Å². The monoisotopic (exact) mass is 541 g/mol. The second-order valence-electron chi connectivity index (χ2n) is 10.3. The van der Waals surface area contributed by atoms with Gasteiger partial charge in [-0.2, -0.15) is 5.10 Å². The van der Waals surface area contributed by atoms with E-state index in [0.29, 0.717) is 42.5 Å². The number of halogens is 1. The number of likely N-dealkylation sites (tertiary alicyclic amines) is 1. The van der Waals surface area contributed by atoms with E-state index < -0.39 is 11.4 Å². The second-order valence-corrected chi connectivity index (χ2v) is 10.3. The molecule has 6 rings (SSSR count). The van der Waals surface area contributed by atoms with E-state index >= 15 is 0 Å². The number of hydrogen-bond donors (Lipinski definition) is 1. The third-order valence-corrected chi connectivity index (χ3v) is 7.68. The van der Waals surface area contributed by atoms with Gasteiger partial charge in [-0.3, -0.25) is 14.2 Å². The van der Waals surface area contributed by atoms with Crippen molar-refractivity contribution in [2.45, 2.75) is 31.9 Å². The van der Waals surface area contributed by atoms with Crippen LogP contribution in [0, 0.1) is 12.7 Å². The first kappa shape index (κ1) is 25.6. The number of aryl methyl sites for hydroxylation is 1. The fraction of sp³-hybridized carbons (Fsp3) is 0.276. The summed E-state index contributed by atoms with van der Waals surface area (Å²) in [4.78, 5) is 36.7. The quantitative estimate of drug-likeness (QED) is 0.366. The van der Waals surface area contributed by atoms with Crippen molar-refractivity contribution in [1.29, 1.82) is 0 Å². The van der Waals surface area contributed by atoms with E-state index in [1.165, 1.54) is 41.4 Å². The van der Waals surface area contributed by atoms with E-state index in [0.717, 1.165) is 22.8 Å². The first-order valence-electron chi connectivity index (χ1n) is 13.0. The minimum atomic E-state index is -1.17. The van der Waals surface area contributed by atoms with Crippen molar-refractivity contribution in [2.24, 2.45) is 7.05 Å². The fourth-order valence-corrected chi connectivity index (χ4v) is 5.14. The van der Waals surface area contributed by atoms with Gasteiger partial charge in [-0.05, 0) is 68.3 Å². The number of aliphatic hydroxyl groups is 1. The van der Waals surface area contributed by atoms with Crippen LogP contribution in [0.1, 0.15) is 28.9 Å². The predicted molar refractivity (Wildman–Crippen MR) is 147 cm³/mol. The molecule has 3 aromatic heterocycles. The summed E-state index contributed by atoms with van der Waals surface area (Å²) >= 11 is 0. The van der Waals surface area contributed by atoms with Crippen molar-refractivity contribution in [3.8, 4) is 17.1 Å². The minimum Gasteiger partial charge on any atom is -0.388 e. The van der Waals surface area contributed by atoms with Gasteiger partial charge in [0.1, 0.15) is 23.4 Å². The molecule has 0 radical (unpaired) electrons. The van der Waals surface area contributed by atoms with Gasteiger partial charge in [0.2, 0.25) is 0 Å². The van der Waals surface area contributed by atoms with Crippen molar-refractivity contribution in [3.05, 3.63) is 94.7 Å². The summed E-state index contributed by atoms with van der Waals surface area (Å²) in [6.07, 6.45) is 5.34. The summed E-state index contributed by atoms with van der Waals surface area (Å²) in [6, 6.07) is 13.1. The zero-order valence-electron chi connectivity index (χ0n) is 22.2. The Balaban J connectivity index is 1.18. The molecular formula is C29H28FN7O3. The maximum absolute atomic E-state index is 13.3. The smallest absolute Gasteiger partial charge is 0.264 e. The fourth-order valence-electron chi connectivity index (χ4n) is 5.14. The Bertz CT molecular complexity index is 1760. The van der Waals surface area contributed by atoms with Gasteiger partial charge in [0.25, 0.3) is 11.5 Å². The number of benzene rings is 2. The number of hydrogen-bond acceptors (Lipinski definition) is 6. The normalized spacial score (nSPS) is 15.1. The molecule has 4 heterocycles. The highest BCUT2D eigenvalue weighted by molar-refractivity contribution is 5.94. The highest BCUT2D eigenvalue weighted by atomic mass is 19.1. The van der Waals surface area contributed by atoms with Crippen LogP contribution in [0.3, 0.4) is 0 Å². The van der Waals surface area contributed by atoms with Crippen LogP contribution in [0.4, 0.5) is 4.39 Å². The van der Waals surface area contributed by atoms with E-state index in [9.17, 15) is 19.1 Å². The van der Waals surface area contributed by atoms with E-state index in [1.807, 2.05) is 49.0 Å². The summed E-state index contributed by atoms with van der Waals surface area (Å²) in [7, 11) is 1.97. The lowest BCUT2D eigenvalue weighted by Crippen LogP contribution is -2.49. The molecule has 1 N–H and O–H groups in total. The average Bonchev–Trinajstić information content (AvgIpc) is 3.54. The van der Waals surface area contributed by atoms with Gasteiger partial charge in [-0.1, -0.05) is 0 Å². The molecule has 0 aliphatic carbocycles. The van der Waals surface area contributed by atoms with Crippen molar-refractivity contribution >= 4 is 16.9 Å². The Kier molecular flexibility index (Phi) is 6.30. The molecule has 1 amide bonds. The molecule has 0 unspecified atom stereocenters. The Labute approximate surface area is 229 Å². The first-order valence-corrected chi connectivity index (χ1v) is 13.0. The van der Waals surface area contributed by atoms with E-state index in [4.69, 9.17) is 0 Å². The summed E-state index contributed by atoms with van der Waals surface area (Å²) in [5.74, 6) is 0.247. The molecule has 1 aliphatic heterocycles. The van der Waals surface area contributed by atoms with Crippen molar-refractivity contribution < 1.29 is 14.3 Å².